The first kappa shape index (κ1) is 20.9. The molecule has 0 radical (unpaired) electrons. The molecule has 2 N–H and O–H groups in total. The van der Waals surface area contributed by atoms with Crippen molar-refractivity contribution < 1.29 is 19.1 Å². The van der Waals surface area contributed by atoms with Crippen molar-refractivity contribution in [2.24, 2.45) is 5.92 Å². The normalized spacial score (nSPS) is 12.9. The number of carbonyl (C=O) groups is 2. The fourth-order valence-corrected chi connectivity index (χ4v) is 4.11. The maximum absolute atomic E-state index is 12.9. The molecule has 2 amide bonds. The third kappa shape index (κ3) is 4.69. The summed E-state index contributed by atoms with van der Waals surface area (Å²) in [5.74, 6) is 1.14. The lowest BCUT2D eigenvalue weighted by atomic mass is 10.2. The van der Waals surface area contributed by atoms with Crippen molar-refractivity contribution in [1.29, 1.82) is 0 Å². The van der Waals surface area contributed by atoms with Gasteiger partial charge in [0, 0.05) is 22.9 Å². The Morgan fingerprint density at radius 1 is 1.00 bits per heavy atom. The van der Waals surface area contributed by atoms with Crippen LogP contribution in [0.15, 0.2) is 42.5 Å². The predicted molar refractivity (Wildman–Crippen MR) is 121 cm³/mol. The van der Waals surface area contributed by atoms with Gasteiger partial charge in [-0.25, -0.2) is 4.98 Å². The number of methoxy groups -OCH3 is 2. The molecule has 2 aromatic carbocycles. The van der Waals surface area contributed by atoms with E-state index in [-0.39, 0.29) is 17.7 Å². The molecule has 1 aliphatic rings. The number of benzene rings is 2. The summed E-state index contributed by atoms with van der Waals surface area (Å²) >= 11 is 1.31. The third-order valence-electron chi connectivity index (χ3n) is 4.97. The van der Waals surface area contributed by atoms with Gasteiger partial charge in [-0.15, -0.1) is 11.3 Å². The first-order valence-electron chi connectivity index (χ1n) is 9.90. The summed E-state index contributed by atoms with van der Waals surface area (Å²) in [6, 6.07) is 12.7. The van der Waals surface area contributed by atoms with Gasteiger partial charge in [0.15, 0.2) is 11.5 Å². The number of amides is 2. The van der Waals surface area contributed by atoms with Crippen molar-refractivity contribution in [3.05, 3.63) is 53.0 Å². The van der Waals surface area contributed by atoms with Gasteiger partial charge in [0.25, 0.3) is 5.91 Å². The van der Waals surface area contributed by atoms with E-state index in [2.05, 4.69) is 15.6 Å². The second-order valence-electron chi connectivity index (χ2n) is 7.30. The topological polar surface area (TPSA) is 89.5 Å². The summed E-state index contributed by atoms with van der Waals surface area (Å²) in [7, 11) is 3.16. The van der Waals surface area contributed by atoms with E-state index in [0.717, 1.165) is 18.4 Å². The van der Waals surface area contributed by atoms with Crippen LogP contribution in [0.1, 0.15) is 28.2 Å². The maximum Gasteiger partial charge on any atom is 0.267 e. The van der Waals surface area contributed by atoms with Gasteiger partial charge >= 0.3 is 0 Å². The van der Waals surface area contributed by atoms with E-state index in [1.165, 1.54) is 11.3 Å². The quantitative estimate of drug-likeness (QED) is 0.557. The average molecular weight is 438 g/mol. The molecule has 1 saturated carbocycles. The Bertz CT molecular complexity index is 1140. The van der Waals surface area contributed by atoms with Crippen LogP contribution < -0.4 is 20.1 Å². The van der Waals surface area contributed by atoms with Crippen LogP contribution in [0.5, 0.6) is 11.5 Å². The first-order chi connectivity index (χ1) is 15.0. The molecule has 0 unspecified atom stereocenters. The molecule has 3 aromatic rings. The second kappa shape index (κ2) is 8.77. The van der Waals surface area contributed by atoms with E-state index in [4.69, 9.17) is 9.47 Å². The van der Waals surface area contributed by atoms with Gasteiger partial charge in [-0.2, -0.15) is 0 Å². The fourth-order valence-electron chi connectivity index (χ4n) is 3.15. The van der Waals surface area contributed by atoms with Gasteiger partial charge in [0.2, 0.25) is 5.91 Å². The van der Waals surface area contributed by atoms with E-state index in [0.29, 0.717) is 38.5 Å². The van der Waals surface area contributed by atoms with Crippen LogP contribution in [0.3, 0.4) is 0 Å². The zero-order chi connectivity index (χ0) is 22.0. The molecule has 0 bridgehead atoms. The maximum atomic E-state index is 12.9. The van der Waals surface area contributed by atoms with Gasteiger partial charge < -0.3 is 20.1 Å². The van der Waals surface area contributed by atoms with Crippen molar-refractivity contribution in [2.45, 2.75) is 19.8 Å². The van der Waals surface area contributed by atoms with E-state index >= 15 is 0 Å². The highest BCUT2D eigenvalue weighted by Crippen LogP contribution is 2.35. The lowest BCUT2D eigenvalue weighted by Crippen LogP contribution is -2.14. The third-order valence-corrected chi connectivity index (χ3v) is 6.17. The summed E-state index contributed by atoms with van der Waals surface area (Å²) in [5.41, 5.74) is 2.76. The number of aromatic nitrogens is 1. The molecule has 7 nitrogen and oxygen atoms in total. The number of rotatable bonds is 7. The van der Waals surface area contributed by atoms with Crippen LogP contribution in [0.25, 0.3) is 10.6 Å². The van der Waals surface area contributed by atoms with Gasteiger partial charge in [-0.1, -0.05) is 6.07 Å². The standard InChI is InChI=1S/C23H23N3O4S/c1-13-20(31-23(24-13)15-9-10-18(29-2)19(11-15)30-3)22(28)26-17-6-4-5-16(12-17)25-21(27)14-7-8-14/h4-6,9-12,14H,7-8H2,1-3H3,(H,25,27)(H,26,28). The van der Waals surface area contributed by atoms with Crippen LogP contribution in [0.4, 0.5) is 11.4 Å². The molecular weight excluding hydrogens is 414 g/mol. The summed E-state index contributed by atoms with van der Waals surface area (Å²) in [6.07, 6.45) is 1.88. The first-order valence-corrected chi connectivity index (χ1v) is 10.7. The van der Waals surface area contributed by atoms with E-state index < -0.39 is 0 Å². The van der Waals surface area contributed by atoms with Gasteiger partial charge in [-0.05, 0) is 56.2 Å². The Morgan fingerprint density at radius 3 is 2.39 bits per heavy atom. The molecule has 4 rings (SSSR count). The molecule has 0 saturated heterocycles. The number of hydrogen-bond acceptors (Lipinski definition) is 6. The minimum Gasteiger partial charge on any atom is -0.493 e. The van der Waals surface area contributed by atoms with Crippen LogP contribution >= 0.6 is 11.3 Å². The molecule has 1 heterocycles. The largest absolute Gasteiger partial charge is 0.493 e. The molecule has 1 fully saturated rings. The van der Waals surface area contributed by atoms with Crippen LogP contribution in [0, 0.1) is 12.8 Å². The molecule has 8 heteroatoms. The molecular formula is C23H23N3O4S. The Labute approximate surface area is 184 Å². The summed E-state index contributed by atoms with van der Waals surface area (Å²) in [6.45, 7) is 1.81. The number of thiazole rings is 1. The van der Waals surface area contributed by atoms with E-state index in [9.17, 15) is 9.59 Å². The highest BCUT2D eigenvalue weighted by molar-refractivity contribution is 7.17. The Kier molecular flexibility index (Phi) is 5.90. The lowest BCUT2D eigenvalue weighted by Gasteiger charge is -2.08. The van der Waals surface area contributed by atoms with Crippen molar-refractivity contribution in [2.75, 3.05) is 24.9 Å². The van der Waals surface area contributed by atoms with Crippen LogP contribution in [-0.4, -0.2) is 31.0 Å². The summed E-state index contributed by atoms with van der Waals surface area (Å²) < 4.78 is 10.6. The Morgan fingerprint density at radius 2 is 1.71 bits per heavy atom. The fraction of sp³-hybridized carbons (Fsp3) is 0.261. The van der Waals surface area contributed by atoms with E-state index in [1.807, 2.05) is 31.2 Å². The molecule has 0 aliphatic heterocycles. The van der Waals surface area contributed by atoms with Crippen molar-refractivity contribution >= 4 is 34.5 Å². The smallest absolute Gasteiger partial charge is 0.267 e. The van der Waals surface area contributed by atoms with Gasteiger partial charge in [-0.3, -0.25) is 9.59 Å². The Balaban J connectivity index is 1.51. The van der Waals surface area contributed by atoms with Crippen LogP contribution in [0.2, 0.25) is 0 Å². The predicted octanol–water partition coefficient (Wildman–Crippen LogP) is 4.74. The number of nitrogens with one attached hydrogen (secondary N) is 2. The lowest BCUT2D eigenvalue weighted by molar-refractivity contribution is -0.117. The zero-order valence-electron chi connectivity index (χ0n) is 17.5. The average Bonchev–Trinajstić information content (AvgIpc) is 3.55. The summed E-state index contributed by atoms with van der Waals surface area (Å²) in [4.78, 5) is 29.9. The van der Waals surface area contributed by atoms with Crippen molar-refractivity contribution in [3.8, 4) is 22.1 Å². The second-order valence-corrected chi connectivity index (χ2v) is 8.30. The van der Waals surface area contributed by atoms with E-state index in [1.54, 1.807) is 32.4 Å². The minimum absolute atomic E-state index is 0.0290. The molecule has 0 atom stereocenters. The Hall–Kier alpha value is -3.39. The SMILES string of the molecule is COc1ccc(-c2nc(C)c(C(=O)Nc3cccc(NC(=O)C4CC4)c3)s2)cc1OC. The summed E-state index contributed by atoms with van der Waals surface area (Å²) in [5, 5.41) is 6.51. The zero-order valence-corrected chi connectivity index (χ0v) is 18.3. The molecule has 31 heavy (non-hydrogen) atoms. The van der Waals surface area contributed by atoms with Gasteiger partial charge in [0.05, 0.1) is 19.9 Å². The molecule has 160 valence electrons. The highest BCUT2D eigenvalue weighted by Gasteiger charge is 2.29. The van der Waals surface area contributed by atoms with Crippen molar-refractivity contribution in [1.82, 2.24) is 4.98 Å². The number of hydrogen-bond donors (Lipinski definition) is 2. The number of carbonyl (C=O) groups excluding carboxylic acids is 2. The minimum atomic E-state index is -0.243. The molecule has 1 aromatic heterocycles. The number of anilines is 2. The monoisotopic (exact) mass is 437 g/mol. The molecule has 1 aliphatic carbocycles. The highest BCUT2D eigenvalue weighted by atomic mass is 32.1. The van der Waals surface area contributed by atoms with Crippen LogP contribution in [-0.2, 0) is 4.79 Å². The number of ether oxygens (including phenoxy) is 2. The molecule has 0 spiro atoms. The van der Waals surface area contributed by atoms with Crippen molar-refractivity contribution in [3.63, 3.8) is 0 Å². The number of aryl methyl sites for hydroxylation is 1. The van der Waals surface area contributed by atoms with Gasteiger partial charge in [0.1, 0.15) is 9.88 Å². The number of nitrogens with zero attached hydrogens (tertiary/aromatic N) is 1.